The summed E-state index contributed by atoms with van der Waals surface area (Å²) in [5.41, 5.74) is 4.39. The highest BCUT2D eigenvalue weighted by Gasteiger charge is 2.28. The number of likely N-dealkylation sites (tertiary alicyclic amines) is 1. The van der Waals surface area contributed by atoms with Crippen LogP contribution in [0.1, 0.15) is 84.5 Å². The Hall–Kier alpha value is -3.67. The summed E-state index contributed by atoms with van der Waals surface area (Å²) >= 11 is 0. The lowest BCUT2D eigenvalue weighted by Gasteiger charge is -2.33. The minimum Gasteiger partial charge on any atom is -0.444 e. The standard InChI is InChI=1S/C31H36N2O4/c1-21-7-5-6-8-26(21)27(19-28(34)25-13-14-29(35)32-20-25)24-11-9-22(10-12-24)23-15-17-33(18-16-23)30(36)37-31(2,3)4/h5-14,20,23,27H,15-19H2,1-4H3,(H,32,35). The number of H-pyrrole nitrogens is 1. The molecule has 0 bridgehead atoms. The fourth-order valence-electron chi connectivity index (χ4n) is 4.99. The summed E-state index contributed by atoms with van der Waals surface area (Å²) in [6.07, 6.45) is 3.35. The van der Waals surface area contributed by atoms with Crippen molar-refractivity contribution < 1.29 is 14.3 Å². The average molecular weight is 501 g/mol. The monoisotopic (exact) mass is 500 g/mol. The van der Waals surface area contributed by atoms with Crippen molar-refractivity contribution in [2.75, 3.05) is 13.1 Å². The Morgan fingerprint density at radius 2 is 1.68 bits per heavy atom. The van der Waals surface area contributed by atoms with Crippen molar-refractivity contribution in [2.24, 2.45) is 0 Å². The van der Waals surface area contributed by atoms with Gasteiger partial charge < -0.3 is 14.6 Å². The number of aromatic amines is 1. The maximum Gasteiger partial charge on any atom is 0.410 e. The normalized spacial score (nSPS) is 15.3. The van der Waals surface area contributed by atoms with Crippen LogP contribution in [0, 0.1) is 6.92 Å². The third-order valence-corrected chi connectivity index (χ3v) is 7.02. The van der Waals surface area contributed by atoms with Gasteiger partial charge in [0, 0.05) is 43.3 Å². The van der Waals surface area contributed by atoms with Crippen LogP contribution in [0.5, 0.6) is 0 Å². The van der Waals surface area contributed by atoms with E-state index >= 15 is 0 Å². The van der Waals surface area contributed by atoms with Gasteiger partial charge in [-0.05, 0) is 74.8 Å². The molecule has 1 saturated heterocycles. The van der Waals surface area contributed by atoms with Crippen LogP contribution in [0.4, 0.5) is 4.79 Å². The van der Waals surface area contributed by atoms with E-state index in [1.54, 1.807) is 11.0 Å². The fraction of sp³-hybridized carbons (Fsp3) is 0.387. The predicted octanol–water partition coefficient (Wildman–Crippen LogP) is 6.20. The average Bonchev–Trinajstić information content (AvgIpc) is 2.87. The molecule has 2 aromatic carbocycles. The van der Waals surface area contributed by atoms with Crippen LogP contribution in [-0.2, 0) is 4.74 Å². The number of amides is 1. The van der Waals surface area contributed by atoms with Crippen molar-refractivity contribution in [1.82, 2.24) is 9.88 Å². The molecule has 37 heavy (non-hydrogen) atoms. The SMILES string of the molecule is Cc1ccccc1C(CC(=O)c1ccc(=O)[nH]c1)c1ccc(C2CCN(C(=O)OC(C)(C)C)CC2)cc1. The van der Waals surface area contributed by atoms with Crippen molar-refractivity contribution in [3.8, 4) is 0 Å². The molecule has 194 valence electrons. The molecule has 6 heteroatoms. The molecular weight excluding hydrogens is 464 g/mol. The fourth-order valence-corrected chi connectivity index (χ4v) is 4.99. The van der Waals surface area contributed by atoms with Gasteiger partial charge in [-0.2, -0.15) is 0 Å². The lowest BCUT2D eigenvalue weighted by atomic mass is 9.82. The van der Waals surface area contributed by atoms with Gasteiger partial charge in [-0.15, -0.1) is 0 Å². The number of rotatable bonds is 6. The maximum atomic E-state index is 13.1. The molecule has 3 aromatic rings. The van der Waals surface area contributed by atoms with Crippen LogP contribution in [0.3, 0.4) is 0 Å². The smallest absolute Gasteiger partial charge is 0.410 e. The van der Waals surface area contributed by atoms with Gasteiger partial charge >= 0.3 is 6.09 Å². The molecule has 1 fully saturated rings. The van der Waals surface area contributed by atoms with E-state index in [2.05, 4.69) is 48.3 Å². The number of ether oxygens (including phenoxy) is 1. The Kier molecular flexibility index (Phi) is 7.96. The zero-order valence-electron chi connectivity index (χ0n) is 22.1. The first-order valence-corrected chi connectivity index (χ1v) is 13.0. The Labute approximate surface area is 218 Å². The van der Waals surface area contributed by atoms with E-state index in [9.17, 15) is 14.4 Å². The van der Waals surface area contributed by atoms with Crippen LogP contribution in [0.25, 0.3) is 0 Å². The summed E-state index contributed by atoms with van der Waals surface area (Å²) < 4.78 is 5.52. The number of hydrogen-bond donors (Lipinski definition) is 1. The third kappa shape index (κ3) is 6.76. The number of carbonyl (C=O) groups is 2. The molecule has 0 aliphatic carbocycles. The predicted molar refractivity (Wildman–Crippen MR) is 145 cm³/mol. The van der Waals surface area contributed by atoms with Crippen molar-refractivity contribution in [3.05, 3.63) is 105 Å². The molecule has 1 atom stereocenters. The molecule has 1 amide bonds. The molecule has 1 aliphatic rings. The summed E-state index contributed by atoms with van der Waals surface area (Å²) in [6, 6.07) is 19.7. The van der Waals surface area contributed by atoms with Crippen LogP contribution >= 0.6 is 0 Å². The minimum absolute atomic E-state index is 0.0110. The zero-order chi connectivity index (χ0) is 26.6. The van der Waals surface area contributed by atoms with E-state index in [0.29, 0.717) is 31.0 Å². The Bertz CT molecular complexity index is 1280. The molecule has 0 radical (unpaired) electrons. The second-order valence-electron chi connectivity index (χ2n) is 10.9. The first kappa shape index (κ1) is 26.4. The molecule has 4 rings (SSSR count). The summed E-state index contributed by atoms with van der Waals surface area (Å²) in [4.78, 5) is 41.4. The van der Waals surface area contributed by atoms with E-state index < -0.39 is 5.60 Å². The van der Waals surface area contributed by atoms with Crippen molar-refractivity contribution >= 4 is 11.9 Å². The van der Waals surface area contributed by atoms with Gasteiger partial charge in [0.05, 0.1) is 0 Å². The van der Waals surface area contributed by atoms with Gasteiger partial charge in [0.2, 0.25) is 5.56 Å². The first-order chi connectivity index (χ1) is 17.6. The summed E-state index contributed by atoms with van der Waals surface area (Å²) in [6.45, 7) is 9.09. The quantitative estimate of drug-likeness (QED) is 0.409. The number of carbonyl (C=O) groups excluding carboxylic acids is 2. The topological polar surface area (TPSA) is 79.5 Å². The number of Topliss-reactive ketones (excluding diaryl/α,β-unsaturated/α-hetero) is 1. The lowest BCUT2D eigenvalue weighted by molar-refractivity contribution is 0.0204. The van der Waals surface area contributed by atoms with Crippen LogP contribution in [-0.4, -0.2) is 40.5 Å². The van der Waals surface area contributed by atoms with Crippen molar-refractivity contribution in [3.63, 3.8) is 0 Å². The Balaban J connectivity index is 1.49. The number of pyridine rings is 1. The summed E-state index contributed by atoms with van der Waals surface area (Å²) in [7, 11) is 0. The lowest BCUT2D eigenvalue weighted by Crippen LogP contribution is -2.41. The molecule has 1 aliphatic heterocycles. The molecule has 0 spiro atoms. The first-order valence-electron chi connectivity index (χ1n) is 13.0. The minimum atomic E-state index is -0.490. The number of nitrogens with one attached hydrogen (secondary N) is 1. The number of piperidine rings is 1. The van der Waals surface area contributed by atoms with E-state index in [4.69, 9.17) is 4.74 Å². The molecule has 2 heterocycles. The van der Waals surface area contributed by atoms with Crippen LogP contribution in [0.15, 0.2) is 71.7 Å². The molecule has 1 unspecified atom stereocenters. The van der Waals surface area contributed by atoms with Crippen molar-refractivity contribution in [2.45, 2.75) is 64.4 Å². The number of aryl methyl sites for hydroxylation is 1. The van der Waals surface area contributed by atoms with E-state index in [-0.39, 0.29) is 23.4 Å². The van der Waals surface area contributed by atoms with E-state index in [1.807, 2.05) is 32.9 Å². The molecule has 0 saturated carbocycles. The van der Waals surface area contributed by atoms with Gasteiger partial charge in [0.25, 0.3) is 0 Å². The highest BCUT2D eigenvalue weighted by atomic mass is 16.6. The second kappa shape index (κ2) is 11.2. The highest BCUT2D eigenvalue weighted by Crippen LogP contribution is 2.34. The maximum absolute atomic E-state index is 13.1. The van der Waals surface area contributed by atoms with Gasteiger partial charge in [-0.1, -0.05) is 48.5 Å². The van der Waals surface area contributed by atoms with Crippen molar-refractivity contribution in [1.29, 1.82) is 0 Å². The number of ketones is 1. The van der Waals surface area contributed by atoms with Crippen LogP contribution < -0.4 is 5.56 Å². The van der Waals surface area contributed by atoms with E-state index in [1.165, 1.54) is 17.8 Å². The Morgan fingerprint density at radius 1 is 1.00 bits per heavy atom. The largest absolute Gasteiger partial charge is 0.444 e. The number of aromatic nitrogens is 1. The molecule has 1 N–H and O–H groups in total. The number of nitrogens with zero attached hydrogens (tertiary/aromatic N) is 1. The van der Waals surface area contributed by atoms with Gasteiger partial charge in [-0.3, -0.25) is 9.59 Å². The highest BCUT2D eigenvalue weighted by molar-refractivity contribution is 5.96. The second-order valence-corrected chi connectivity index (χ2v) is 10.9. The molecule has 6 nitrogen and oxygen atoms in total. The van der Waals surface area contributed by atoms with E-state index in [0.717, 1.165) is 29.5 Å². The summed E-state index contributed by atoms with van der Waals surface area (Å²) in [5.74, 6) is 0.277. The molecule has 1 aromatic heterocycles. The van der Waals surface area contributed by atoms with Gasteiger partial charge in [0.1, 0.15) is 5.60 Å². The number of benzene rings is 2. The molecular formula is C31H36N2O4. The Morgan fingerprint density at radius 3 is 2.27 bits per heavy atom. The number of hydrogen-bond acceptors (Lipinski definition) is 4. The summed E-state index contributed by atoms with van der Waals surface area (Å²) in [5, 5.41) is 0. The van der Waals surface area contributed by atoms with Gasteiger partial charge in [-0.25, -0.2) is 4.79 Å². The van der Waals surface area contributed by atoms with Gasteiger partial charge in [0.15, 0.2) is 5.78 Å². The third-order valence-electron chi connectivity index (χ3n) is 7.02. The van der Waals surface area contributed by atoms with Crippen LogP contribution in [0.2, 0.25) is 0 Å². The zero-order valence-corrected chi connectivity index (χ0v) is 22.1.